The van der Waals surface area contributed by atoms with E-state index in [4.69, 9.17) is 5.73 Å². The van der Waals surface area contributed by atoms with Gasteiger partial charge in [0, 0.05) is 32.2 Å². The Morgan fingerprint density at radius 2 is 1.90 bits per heavy atom. The molecule has 1 heterocycles. The number of anilines is 1. The normalized spacial score (nSPS) is 18.4. The Bertz CT molecular complexity index is 482. The molecule has 0 radical (unpaired) electrons. The SMILES string of the molecule is CC/C=C\CC(N)N1CCN(c2ccc(F)cc2F)CC1. The highest BCUT2D eigenvalue weighted by Crippen LogP contribution is 2.22. The smallest absolute Gasteiger partial charge is 0.149 e. The highest BCUT2D eigenvalue weighted by Gasteiger charge is 2.22. The van der Waals surface area contributed by atoms with Gasteiger partial charge in [0.15, 0.2) is 0 Å². The molecule has 0 aliphatic carbocycles. The zero-order chi connectivity index (χ0) is 15.2. The fourth-order valence-electron chi connectivity index (χ4n) is 2.58. The van der Waals surface area contributed by atoms with Crippen molar-refractivity contribution in [3.63, 3.8) is 0 Å². The van der Waals surface area contributed by atoms with Crippen LogP contribution >= 0.6 is 0 Å². The molecule has 1 aromatic carbocycles. The number of allylic oxidation sites excluding steroid dienone is 1. The van der Waals surface area contributed by atoms with Crippen molar-refractivity contribution >= 4 is 5.69 Å². The molecule has 2 N–H and O–H groups in total. The Morgan fingerprint density at radius 1 is 1.19 bits per heavy atom. The first kappa shape index (κ1) is 15.9. The molecular formula is C16H23F2N3. The summed E-state index contributed by atoms with van der Waals surface area (Å²) in [5.74, 6) is -1.04. The number of nitrogens with zero attached hydrogens (tertiary/aromatic N) is 2. The number of rotatable bonds is 5. The molecule has 2 rings (SSSR count). The van der Waals surface area contributed by atoms with Crippen LogP contribution in [0.5, 0.6) is 0 Å². The van der Waals surface area contributed by atoms with Gasteiger partial charge in [0.1, 0.15) is 11.6 Å². The van der Waals surface area contributed by atoms with Gasteiger partial charge in [-0.25, -0.2) is 8.78 Å². The second kappa shape index (κ2) is 7.52. The van der Waals surface area contributed by atoms with Crippen LogP contribution in [0.2, 0.25) is 0 Å². The number of nitrogens with two attached hydrogens (primary N) is 1. The second-order valence-electron chi connectivity index (χ2n) is 5.30. The Balaban J connectivity index is 1.89. The molecule has 1 fully saturated rings. The van der Waals surface area contributed by atoms with E-state index in [1.54, 1.807) is 0 Å². The number of hydrogen-bond acceptors (Lipinski definition) is 3. The Labute approximate surface area is 125 Å². The van der Waals surface area contributed by atoms with Gasteiger partial charge in [-0.3, -0.25) is 4.90 Å². The second-order valence-corrected chi connectivity index (χ2v) is 5.30. The van der Waals surface area contributed by atoms with Gasteiger partial charge < -0.3 is 10.6 Å². The van der Waals surface area contributed by atoms with Crippen LogP contribution in [0, 0.1) is 11.6 Å². The predicted octanol–water partition coefficient (Wildman–Crippen LogP) is 2.73. The summed E-state index contributed by atoms with van der Waals surface area (Å²) in [5.41, 5.74) is 6.62. The van der Waals surface area contributed by atoms with Gasteiger partial charge in [-0.15, -0.1) is 0 Å². The van der Waals surface area contributed by atoms with Gasteiger partial charge in [-0.2, -0.15) is 0 Å². The van der Waals surface area contributed by atoms with Crippen molar-refractivity contribution in [3.8, 4) is 0 Å². The third-order valence-electron chi connectivity index (χ3n) is 3.81. The van der Waals surface area contributed by atoms with Gasteiger partial charge in [0.05, 0.1) is 11.9 Å². The third-order valence-corrected chi connectivity index (χ3v) is 3.81. The maximum absolute atomic E-state index is 13.8. The van der Waals surface area contributed by atoms with E-state index in [2.05, 4.69) is 24.0 Å². The van der Waals surface area contributed by atoms with Gasteiger partial charge in [0.25, 0.3) is 0 Å². The summed E-state index contributed by atoms with van der Waals surface area (Å²) in [5, 5.41) is 0. The average Bonchev–Trinajstić information content (AvgIpc) is 2.48. The van der Waals surface area contributed by atoms with E-state index >= 15 is 0 Å². The van der Waals surface area contributed by atoms with Crippen LogP contribution in [0.15, 0.2) is 30.4 Å². The summed E-state index contributed by atoms with van der Waals surface area (Å²) in [6, 6.07) is 3.74. The zero-order valence-electron chi connectivity index (χ0n) is 12.4. The lowest BCUT2D eigenvalue weighted by atomic mass is 10.2. The van der Waals surface area contributed by atoms with Crippen LogP contribution in [0.25, 0.3) is 0 Å². The summed E-state index contributed by atoms with van der Waals surface area (Å²) < 4.78 is 26.7. The van der Waals surface area contributed by atoms with E-state index in [0.717, 1.165) is 32.0 Å². The van der Waals surface area contributed by atoms with Gasteiger partial charge in [-0.1, -0.05) is 19.1 Å². The molecule has 0 amide bonds. The molecule has 1 aliphatic rings. The van der Waals surface area contributed by atoms with Crippen molar-refractivity contribution in [1.29, 1.82) is 0 Å². The molecule has 0 aromatic heterocycles. The minimum Gasteiger partial charge on any atom is -0.367 e. The lowest BCUT2D eigenvalue weighted by Gasteiger charge is -2.38. The molecule has 0 spiro atoms. The van der Waals surface area contributed by atoms with E-state index in [1.165, 1.54) is 12.1 Å². The quantitative estimate of drug-likeness (QED) is 0.848. The summed E-state index contributed by atoms with van der Waals surface area (Å²) in [6.45, 7) is 5.08. The molecular weight excluding hydrogens is 272 g/mol. The van der Waals surface area contributed by atoms with Crippen LogP contribution in [0.4, 0.5) is 14.5 Å². The zero-order valence-corrected chi connectivity index (χ0v) is 12.4. The first-order valence-corrected chi connectivity index (χ1v) is 7.46. The minimum atomic E-state index is -0.542. The summed E-state index contributed by atoms with van der Waals surface area (Å²) in [7, 11) is 0. The topological polar surface area (TPSA) is 32.5 Å². The fourth-order valence-corrected chi connectivity index (χ4v) is 2.58. The largest absolute Gasteiger partial charge is 0.367 e. The van der Waals surface area contributed by atoms with Crippen molar-refractivity contribution in [3.05, 3.63) is 42.0 Å². The van der Waals surface area contributed by atoms with E-state index in [-0.39, 0.29) is 6.17 Å². The van der Waals surface area contributed by atoms with Gasteiger partial charge >= 0.3 is 0 Å². The molecule has 0 bridgehead atoms. The molecule has 5 heteroatoms. The van der Waals surface area contributed by atoms with Crippen molar-refractivity contribution in [2.45, 2.75) is 25.9 Å². The molecule has 1 aliphatic heterocycles. The Morgan fingerprint density at radius 3 is 2.52 bits per heavy atom. The molecule has 21 heavy (non-hydrogen) atoms. The van der Waals surface area contributed by atoms with Crippen molar-refractivity contribution in [1.82, 2.24) is 4.90 Å². The maximum atomic E-state index is 13.8. The Hall–Kier alpha value is -1.46. The molecule has 1 atom stereocenters. The molecule has 116 valence electrons. The number of hydrogen-bond donors (Lipinski definition) is 1. The molecule has 3 nitrogen and oxygen atoms in total. The average molecular weight is 295 g/mol. The van der Waals surface area contributed by atoms with Crippen molar-refractivity contribution in [2.75, 3.05) is 31.1 Å². The number of halogens is 2. The number of benzene rings is 1. The summed E-state index contributed by atoms with van der Waals surface area (Å²) in [6.07, 6.45) is 6.08. The van der Waals surface area contributed by atoms with Crippen LogP contribution in [0.3, 0.4) is 0 Å². The predicted molar refractivity (Wildman–Crippen MR) is 82.2 cm³/mol. The monoisotopic (exact) mass is 295 g/mol. The standard InChI is InChI=1S/C16H23F2N3/c1-2-3-4-5-16(19)21-10-8-20(9-11-21)15-7-6-13(17)12-14(15)18/h3-4,6-7,12,16H,2,5,8-11,19H2,1H3/b4-3-. The minimum absolute atomic E-state index is 0.00742. The lowest BCUT2D eigenvalue weighted by molar-refractivity contribution is 0.189. The highest BCUT2D eigenvalue weighted by molar-refractivity contribution is 5.48. The first-order chi connectivity index (χ1) is 10.1. The summed E-state index contributed by atoms with van der Waals surface area (Å²) >= 11 is 0. The van der Waals surface area contributed by atoms with Crippen LogP contribution < -0.4 is 10.6 Å². The highest BCUT2D eigenvalue weighted by atomic mass is 19.1. The summed E-state index contributed by atoms with van der Waals surface area (Å²) in [4.78, 5) is 4.15. The maximum Gasteiger partial charge on any atom is 0.149 e. The van der Waals surface area contributed by atoms with E-state index < -0.39 is 11.6 Å². The number of piperazine rings is 1. The van der Waals surface area contributed by atoms with Crippen LogP contribution in [-0.2, 0) is 0 Å². The first-order valence-electron chi connectivity index (χ1n) is 7.46. The molecule has 1 unspecified atom stereocenters. The third kappa shape index (κ3) is 4.25. The molecule has 1 aromatic rings. The lowest BCUT2D eigenvalue weighted by Crippen LogP contribution is -2.53. The van der Waals surface area contributed by atoms with E-state index in [0.29, 0.717) is 18.8 Å². The van der Waals surface area contributed by atoms with Gasteiger partial charge in [0.2, 0.25) is 0 Å². The molecule has 0 saturated carbocycles. The van der Waals surface area contributed by atoms with E-state index in [1.807, 2.05) is 4.90 Å². The van der Waals surface area contributed by atoms with Crippen molar-refractivity contribution in [2.24, 2.45) is 5.73 Å². The Kier molecular flexibility index (Phi) is 5.70. The fraction of sp³-hybridized carbons (Fsp3) is 0.500. The van der Waals surface area contributed by atoms with Crippen LogP contribution in [-0.4, -0.2) is 37.2 Å². The molecule has 1 saturated heterocycles. The van der Waals surface area contributed by atoms with Gasteiger partial charge in [-0.05, 0) is 25.0 Å². The van der Waals surface area contributed by atoms with E-state index in [9.17, 15) is 8.78 Å². The van der Waals surface area contributed by atoms with Crippen molar-refractivity contribution < 1.29 is 8.78 Å². The van der Waals surface area contributed by atoms with Crippen LogP contribution in [0.1, 0.15) is 19.8 Å².